The summed E-state index contributed by atoms with van der Waals surface area (Å²) < 4.78 is 17.2. The van der Waals surface area contributed by atoms with Gasteiger partial charge in [0, 0.05) is 47.1 Å². The molecule has 12 aliphatic rings. The Bertz CT molecular complexity index is 2240. The number of aliphatic hydroxyl groups is 4. The molecule has 4 N–H and O–H groups in total. The lowest BCUT2D eigenvalue weighted by atomic mass is 9.41. The Kier molecular flexibility index (Phi) is 24.2. The Labute approximate surface area is 532 Å². The molecule has 0 radical (unpaired) electrons. The van der Waals surface area contributed by atoms with Gasteiger partial charge in [-0.3, -0.25) is 4.79 Å². The number of ether oxygens (including phenoxy) is 3. The molecule has 0 aromatic rings. The number of Topliss-reactive ketones (excluding diaryl/α,β-unsaturated/α-hetero) is 1. The molecule has 502 valence electrons. The lowest BCUT2D eigenvalue weighted by Crippen LogP contribution is -2.59. The summed E-state index contributed by atoms with van der Waals surface area (Å²) in [6.45, 7) is 34.3. The van der Waals surface area contributed by atoms with Crippen LogP contribution in [0.15, 0.2) is 11.6 Å². The Hall–Kier alpha value is -0.440. The fourth-order valence-electron chi connectivity index (χ4n) is 25.8. The maximum Gasteiger partial charge on any atom is 0.133 e. The Morgan fingerprint density at radius 1 is 0.512 bits per heavy atom. The number of fused-ring (bicyclic) bond motifs is 15. The van der Waals surface area contributed by atoms with Crippen molar-refractivity contribution in [2.24, 2.45) is 133 Å². The van der Waals surface area contributed by atoms with Gasteiger partial charge in [-0.2, -0.15) is 0 Å². The zero-order valence-electron chi connectivity index (χ0n) is 56.5. The van der Waals surface area contributed by atoms with E-state index < -0.39 is 16.8 Å². The van der Waals surface area contributed by atoms with Crippen LogP contribution in [0.1, 0.15) is 259 Å². The van der Waals surface area contributed by atoms with E-state index in [4.69, 9.17) is 14.2 Å². The van der Waals surface area contributed by atoms with Crippen molar-refractivity contribution in [3.8, 4) is 0 Å². The second kappa shape index (κ2) is 27.9. The van der Waals surface area contributed by atoms with Crippen LogP contribution in [0.2, 0.25) is 0 Å². The molecular formula is C77H141O8P. The standard InChI is InChI=1S/C24H42O3.C24H40O3.C24H40O2.C2H7P.3CH4/c2*1-15(25)18-6-7-19-21-16(14-27-5)12-17-13-22(2,26)10-11-23(17,3)20(21)8-9-24(18,19)4;1-6-17-7-8-19-21-16(15-26-5)13-18-14-22(2,25)11-12-24(18,4)20(21)9-10-23(17,19)3;1-3-2;;;/h15-21,25-26H,6-14H2,1-5H3;16-21,26H,6-14H2,1-5H3;6,16,18-21,25H,7-15H2,1-5H3;3H,1-2H3;3*1H4/b;;17-6-;;;;/t15?,16-,17+,18?,19+,20+,21+,22-,23+,24-;16-,17+,18-,19+,20+,21+,22-,23+,24-;16-,18+,19+,20+,21+,22-,23-,24+;;;;/m111..../s1. The van der Waals surface area contributed by atoms with Crippen molar-refractivity contribution < 1.29 is 39.4 Å². The van der Waals surface area contributed by atoms with Crippen molar-refractivity contribution in [1.82, 2.24) is 0 Å². The van der Waals surface area contributed by atoms with Crippen LogP contribution in [-0.4, -0.2) is 104 Å². The topological polar surface area (TPSA) is 126 Å². The highest BCUT2D eigenvalue weighted by molar-refractivity contribution is 7.35. The van der Waals surface area contributed by atoms with Crippen LogP contribution in [-0.2, 0) is 19.0 Å². The molecule has 0 heterocycles. The number of rotatable bonds is 8. The van der Waals surface area contributed by atoms with E-state index in [0.717, 1.165) is 121 Å². The Morgan fingerprint density at radius 2 is 0.860 bits per heavy atom. The normalized spacial score (nSPS) is 51.7. The van der Waals surface area contributed by atoms with Gasteiger partial charge in [0.05, 0.1) is 22.9 Å². The van der Waals surface area contributed by atoms with Crippen LogP contribution in [0, 0.1) is 133 Å². The fraction of sp³-hybridized carbons (Fsp3) is 0.961. The van der Waals surface area contributed by atoms with Crippen LogP contribution in [0.25, 0.3) is 0 Å². The second-order valence-electron chi connectivity index (χ2n) is 34.5. The van der Waals surface area contributed by atoms with Gasteiger partial charge in [0.15, 0.2) is 0 Å². The number of carbonyl (C=O) groups excluding carboxylic acids is 1. The third-order valence-corrected chi connectivity index (χ3v) is 29.9. The summed E-state index contributed by atoms with van der Waals surface area (Å²) >= 11 is 0. The van der Waals surface area contributed by atoms with E-state index in [1.54, 1.807) is 5.57 Å². The van der Waals surface area contributed by atoms with Gasteiger partial charge in [0.2, 0.25) is 0 Å². The molecule has 12 rings (SSSR count). The third kappa shape index (κ3) is 13.2. The van der Waals surface area contributed by atoms with Crippen molar-refractivity contribution in [3.63, 3.8) is 0 Å². The Balaban J connectivity index is 0.000000198. The highest BCUT2D eigenvalue weighted by Gasteiger charge is 2.67. The molecule has 9 heteroatoms. The van der Waals surface area contributed by atoms with E-state index in [9.17, 15) is 25.2 Å². The van der Waals surface area contributed by atoms with E-state index >= 15 is 0 Å². The summed E-state index contributed by atoms with van der Waals surface area (Å²) in [6, 6.07) is 0. The lowest BCUT2D eigenvalue weighted by Gasteiger charge is -2.64. The molecule has 86 heavy (non-hydrogen) atoms. The molecular weight excluding hydrogens is 1080 g/mol. The van der Waals surface area contributed by atoms with E-state index in [-0.39, 0.29) is 39.7 Å². The summed E-state index contributed by atoms with van der Waals surface area (Å²) in [5.41, 5.74) is 2.39. The van der Waals surface area contributed by atoms with Crippen LogP contribution in [0.4, 0.5) is 0 Å². The summed E-state index contributed by atoms with van der Waals surface area (Å²) in [7, 11) is 6.66. The van der Waals surface area contributed by atoms with Gasteiger partial charge < -0.3 is 34.6 Å². The molecule has 0 aromatic heterocycles. The largest absolute Gasteiger partial charge is 0.393 e. The molecule has 12 saturated carbocycles. The van der Waals surface area contributed by atoms with E-state index in [1.807, 2.05) is 49.0 Å². The molecule has 12 aliphatic carbocycles. The van der Waals surface area contributed by atoms with Gasteiger partial charge in [-0.05, 0) is 336 Å². The van der Waals surface area contributed by atoms with Gasteiger partial charge >= 0.3 is 0 Å². The highest BCUT2D eigenvalue weighted by atomic mass is 31.1. The summed E-state index contributed by atoms with van der Waals surface area (Å²) in [6.07, 6.45) is 30.5. The molecule has 2 unspecified atom stereocenters. The van der Waals surface area contributed by atoms with Crippen LogP contribution in [0.3, 0.4) is 0 Å². The molecule has 0 spiro atoms. The Morgan fingerprint density at radius 3 is 1.23 bits per heavy atom. The van der Waals surface area contributed by atoms with E-state index in [0.29, 0.717) is 86.1 Å². The zero-order valence-corrected chi connectivity index (χ0v) is 57.5. The van der Waals surface area contributed by atoms with Crippen molar-refractivity contribution >= 4 is 14.4 Å². The van der Waals surface area contributed by atoms with Crippen LogP contribution < -0.4 is 0 Å². The summed E-state index contributed by atoms with van der Waals surface area (Å²) in [5, 5.41) is 42.8. The first kappa shape index (κ1) is 74.6. The minimum absolute atomic E-state index is 0. The predicted molar refractivity (Wildman–Crippen MR) is 363 cm³/mol. The second-order valence-corrected chi connectivity index (χ2v) is 35.5. The minimum Gasteiger partial charge on any atom is -0.393 e. The summed E-state index contributed by atoms with van der Waals surface area (Å²) in [5.74, 6) is 11.7. The zero-order chi connectivity index (χ0) is 60.7. The number of methoxy groups -OCH3 is 3. The molecule has 8 nitrogen and oxygen atoms in total. The summed E-state index contributed by atoms with van der Waals surface area (Å²) in [4.78, 5) is 12.4. The molecule has 0 bridgehead atoms. The maximum atomic E-state index is 12.4. The molecule has 0 amide bonds. The van der Waals surface area contributed by atoms with Gasteiger partial charge in [-0.25, -0.2) is 0 Å². The molecule has 0 saturated heterocycles. The third-order valence-electron chi connectivity index (χ3n) is 29.9. The maximum absolute atomic E-state index is 12.4. The van der Waals surface area contributed by atoms with E-state index in [1.165, 1.54) is 103 Å². The SMILES string of the molecule is C.C.C.C/C=C1/CC[C@H]2[C@@H]3[C@@H](COC)C[C@H]4C[C@](C)(O)CC[C@]4(C)[C@H]3CC[C@]12C.COC[C@H]1C[C@H]2C[C@](C)(O)CC[C@]2(C)[C@H]2CC[C@]3(C)C(C(C)O)CC[C@H]3[C@H]12.COC[C@H]1C[C@H]2C[C@](C)(O)CC[C@]2(C)[C@H]2CC[C@]3(C)[C@@H](C(C)=O)CC[C@H]3[C@H]12.CPC. The quantitative estimate of drug-likeness (QED) is 0.140. The van der Waals surface area contributed by atoms with Gasteiger partial charge in [-0.1, -0.05) is 75.5 Å². The van der Waals surface area contributed by atoms with Crippen molar-refractivity contribution in [2.45, 2.75) is 282 Å². The number of hydrogen-bond acceptors (Lipinski definition) is 8. The average molecular weight is 1230 g/mol. The van der Waals surface area contributed by atoms with Crippen molar-refractivity contribution in [2.75, 3.05) is 54.5 Å². The monoisotopic (exact) mass is 1230 g/mol. The van der Waals surface area contributed by atoms with Crippen LogP contribution >= 0.6 is 8.58 Å². The van der Waals surface area contributed by atoms with Crippen molar-refractivity contribution in [3.05, 3.63) is 11.6 Å². The predicted octanol–water partition coefficient (Wildman–Crippen LogP) is 17.9. The molecule has 12 fully saturated rings. The molecule has 0 aliphatic heterocycles. The van der Waals surface area contributed by atoms with Crippen LogP contribution in [0.5, 0.6) is 0 Å². The van der Waals surface area contributed by atoms with E-state index in [2.05, 4.69) is 74.8 Å². The van der Waals surface area contributed by atoms with Gasteiger partial charge in [-0.15, -0.1) is 8.58 Å². The minimum atomic E-state index is -0.495. The first-order valence-corrected chi connectivity index (χ1v) is 37.0. The lowest BCUT2D eigenvalue weighted by molar-refractivity contribution is -0.176. The fourth-order valence-corrected chi connectivity index (χ4v) is 25.8. The number of aliphatic hydroxyl groups excluding tert-OH is 1. The first-order valence-electron chi connectivity index (χ1n) is 35.0. The number of ketones is 1. The number of carbonyl (C=O) groups is 1. The average Bonchev–Trinajstić information content (AvgIpc) is 1.24. The van der Waals surface area contributed by atoms with Gasteiger partial charge in [0.1, 0.15) is 5.78 Å². The molecule has 27 atom stereocenters. The molecule has 0 aromatic carbocycles. The van der Waals surface area contributed by atoms with Gasteiger partial charge in [0.25, 0.3) is 0 Å². The smallest absolute Gasteiger partial charge is 0.133 e. The first-order chi connectivity index (χ1) is 38.9. The van der Waals surface area contributed by atoms with Crippen molar-refractivity contribution in [1.29, 1.82) is 0 Å². The number of allylic oxidation sites excluding steroid dienone is 2. The highest BCUT2D eigenvalue weighted by Crippen LogP contribution is 2.73. The number of hydrogen-bond donors (Lipinski definition) is 4.